The molecule has 6 heteroatoms. The number of carbonyl (C=O) groups is 1. The number of hydrogen-bond donors (Lipinski definition) is 1. The second kappa shape index (κ2) is 4.27. The molecule has 1 atom stereocenters. The lowest BCUT2D eigenvalue weighted by molar-refractivity contribution is -0.119. The molecule has 1 rings (SSSR count). The van der Waals surface area contributed by atoms with Gasteiger partial charge in [0.25, 0.3) is 5.22 Å². The Morgan fingerprint density at radius 2 is 2.38 bits per heavy atom. The fraction of sp³-hybridized carbons (Fsp3) is 0.571. The Hall–Kier alpha value is -1.04. The Balaban J connectivity index is 2.54. The molecule has 0 aromatic carbocycles. The van der Waals surface area contributed by atoms with Gasteiger partial charge in [-0.2, -0.15) is 4.98 Å². The number of aryl methyl sites for hydroxylation is 1. The molecule has 1 amide bonds. The number of nitrogens with zero attached hydrogens (tertiary/aromatic N) is 2. The van der Waals surface area contributed by atoms with E-state index in [0.717, 1.165) is 0 Å². The molecule has 0 spiro atoms. The Bertz CT molecular complexity index is 300. The largest absolute Gasteiger partial charge is 0.358 e. The van der Waals surface area contributed by atoms with E-state index >= 15 is 0 Å². The molecule has 1 N–H and O–H groups in total. The molecule has 0 aliphatic heterocycles. The van der Waals surface area contributed by atoms with Crippen LogP contribution < -0.4 is 5.32 Å². The number of hydrogen-bond acceptors (Lipinski definition) is 5. The van der Waals surface area contributed by atoms with E-state index in [9.17, 15) is 4.79 Å². The van der Waals surface area contributed by atoms with Crippen LogP contribution in [-0.4, -0.2) is 28.3 Å². The summed E-state index contributed by atoms with van der Waals surface area (Å²) in [5, 5.41) is 6.37. The van der Waals surface area contributed by atoms with Crippen molar-refractivity contribution in [2.75, 3.05) is 7.05 Å². The quantitative estimate of drug-likeness (QED) is 0.725. The van der Waals surface area contributed by atoms with E-state index in [2.05, 4.69) is 15.5 Å². The molecule has 1 aromatic rings. The molecule has 0 saturated heterocycles. The van der Waals surface area contributed by atoms with Crippen LogP contribution in [-0.2, 0) is 4.79 Å². The van der Waals surface area contributed by atoms with Gasteiger partial charge in [0.1, 0.15) is 0 Å². The maximum absolute atomic E-state index is 11.1. The molecular weight excluding hydrogens is 190 g/mol. The first-order valence-electron chi connectivity index (χ1n) is 3.82. The molecule has 0 bridgehead atoms. The van der Waals surface area contributed by atoms with Crippen LogP contribution >= 0.6 is 11.8 Å². The van der Waals surface area contributed by atoms with Crippen molar-refractivity contribution in [3.8, 4) is 0 Å². The van der Waals surface area contributed by atoms with Crippen LogP contribution in [0.1, 0.15) is 12.7 Å². The van der Waals surface area contributed by atoms with Crippen molar-refractivity contribution in [2.45, 2.75) is 24.3 Å². The first-order chi connectivity index (χ1) is 6.13. The molecule has 1 aromatic heterocycles. The second-order valence-electron chi connectivity index (χ2n) is 2.48. The van der Waals surface area contributed by atoms with Crippen LogP contribution in [0.15, 0.2) is 9.75 Å². The molecule has 1 unspecified atom stereocenters. The number of aromatic nitrogens is 2. The van der Waals surface area contributed by atoms with Crippen molar-refractivity contribution in [3.05, 3.63) is 5.82 Å². The van der Waals surface area contributed by atoms with Gasteiger partial charge in [0.05, 0.1) is 5.25 Å². The summed E-state index contributed by atoms with van der Waals surface area (Å²) < 4.78 is 4.85. The zero-order valence-electron chi connectivity index (χ0n) is 7.70. The number of carbonyl (C=O) groups excluding carboxylic acids is 1. The summed E-state index contributed by atoms with van der Waals surface area (Å²) in [6.45, 7) is 3.52. The van der Waals surface area contributed by atoms with Crippen LogP contribution in [0.4, 0.5) is 0 Å². The molecule has 0 radical (unpaired) electrons. The summed E-state index contributed by atoms with van der Waals surface area (Å²) in [6.07, 6.45) is 0. The predicted octanol–water partition coefficient (Wildman–Crippen LogP) is 0.605. The maximum Gasteiger partial charge on any atom is 0.286 e. The van der Waals surface area contributed by atoms with E-state index in [1.807, 2.05) is 0 Å². The van der Waals surface area contributed by atoms with Gasteiger partial charge < -0.3 is 9.84 Å². The molecule has 0 fully saturated rings. The molecule has 1 heterocycles. The number of amides is 1. The lowest BCUT2D eigenvalue weighted by Crippen LogP contribution is -2.27. The van der Waals surface area contributed by atoms with Crippen molar-refractivity contribution < 1.29 is 9.32 Å². The molecule has 13 heavy (non-hydrogen) atoms. The van der Waals surface area contributed by atoms with Crippen LogP contribution in [0.5, 0.6) is 0 Å². The first kappa shape index (κ1) is 10.0. The monoisotopic (exact) mass is 201 g/mol. The van der Waals surface area contributed by atoms with E-state index in [1.54, 1.807) is 20.9 Å². The number of rotatable bonds is 3. The third kappa shape index (κ3) is 2.73. The fourth-order valence-corrected chi connectivity index (χ4v) is 1.53. The lowest BCUT2D eigenvalue weighted by Gasteiger charge is -2.04. The minimum Gasteiger partial charge on any atom is -0.358 e. The van der Waals surface area contributed by atoms with Crippen molar-refractivity contribution >= 4 is 17.7 Å². The average molecular weight is 201 g/mol. The Morgan fingerprint density at radius 1 is 1.69 bits per heavy atom. The van der Waals surface area contributed by atoms with E-state index in [4.69, 9.17) is 4.52 Å². The molecule has 0 aliphatic rings. The summed E-state index contributed by atoms with van der Waals surface area (Å²) in [6, 6.07) is 0. The van der Waals surface area contributed by atoms with Gasteiger partial charge in [0, 0.05) is 7.05 Å². The Kier molecular flexibility index (Phi) is 3.30. The number of nitrogens with one attached hydrogen (secondary N) is 1. The van der Waals surface area contributed by atoms with Crippen LogP contribution in [0, 0.1) is 6.92 Å². The summed E-state index contributed by atoms with van der Waals surface area (Å²) in [5.41, 5.74) is 0. The van der Waals surface area contributed by atoms with Gasteiger partial charge in [-0.1, -0.05) is 16.9 Å². The molecule has 0 saturated carbocycles. The normalized spacial score (nSPS) is 12.5. The highest BCUT2D eigenvalue weighted by Crippen LogP contribution is 2.20. The van der Waals surface area contributed by atoms with Crippen LogP contribution in [0.3, 0.4) is 0 Å². The topological polar surface area (TPSA) is 68.0 Å². The SMILES string of the molecule is CNC(=O)C(C)Sc1nc(C)no1. The van der Waals surface area contributed by atoms with Gasteiger partial charge in [0.15, 0.2) is 5.82 Å². The van der Waals surface area contributed by atoms with Gasteiger partial charge in [0.2, 0.25) is 5.91 Å². The third-order valence-electron chi connectivity index (χ3n) is 1.40. The molecule has 0 aliphatic carbocycles. The predicted molar refractivity (Wildman–Crippen MR) is 48.4 cm³/mol. The summed E-state index contributed by atoms with van der Waals surface area (Å²) in [4.78, 5) is 15.1. The maximum atomic E-state index is 11.1. The van der Waals surface area contributed by atoms with Gasteiger partial charge in [-0.25, -0.2) is 0 Å². The van der Waals surface area contributed by atoms with Gasteiger partial charge in [-0.05, 0) is 13.8 Å². The highest BCUT2D eigenvalue weighted by molar-refractivity contribution is 8.00. The molecule has 72 valence electrons. The van der Waals surface area contributed by atoms with E-state index in [0.29, 0.717) is 11.0 Å². The highest BCUT2D eigenvalue weighted by Gasteiger charge is 2.15. The Morgan fingerprint density at radius 3 is 2.85 bits per heavy atom. The minimum absolute atomic E-state index is 0.0548. The number of thioether (sulfide) groups is 1. The van der Waals surface area contributed by atoms with Crippen LogP contribution in [0.25, 0.3) is 0 Å². The summed E-state index contributed by atoms with van der Waals surface area (Å²) in [7, 11) is 1.60. The van der Waals surface area contributed by atoms with Crippen molar-refractivity contribution in [2.24, 2.45) is 0 Å². The zero-order chi connectivity index (χ0) is 9.84. The van der Waals surface area contributed by atoms with E-state index < -0.39 is 0 Å². The lowest BCUT2D eigenvalue weighted by atomic mass is 10.4. The van der Waals surface area contributed by atoms with E-state index in [-0.39, 0.29) is 11.2 Å². The van der Waals surface area contributed by atoms with Crippen LogP contribution in [0.2, 0.25) is 0 Å². The second-order valence-corrected chi connectivity index (χ2v) is 3.77. The first-order valence-corrected chi connectivity index (χ1v) is 4.70. The van der Waals surface area contributed by atoms with Gasteiger partial charge in [-0.3, -0.25) is 4.79 Å². The Labute approximate surface area is 80.3 Å². The van der Waals surface area contributed by atoms with Crippen molar-refractivity contribution in [3.63, 3.8) is 0 Å². The standard InChI is InChI=1S/C7H11N3O2S/c1-4(6(11)8-3)13-7-9-5(2)10-12-7/h4H,1-3H3,(H,8,11). The summed E-state index contributed by atoms with van der Waals surface area (Å²) in [5.74, 6) is 0.521. The van der Waals surface area contributed by atoms with Crippen molar-refractivity contribution in [1.29, 1.82) is 0 Å². The van der Waals surface area contributed by atoms with E-state index in [1.165, 1.54) is 11.8 Å². The van der Waals surface area contributed by atoms with Gasteiger partial charge >= 0.3 is 0 Å². The molecular formula is C7H11N3O2S. The minimum atomic E-state index is -0.218. The van der Waals surface area contributed by atoms with Crippen molar-refractivity contribution in [1.82, 2.24) is 15.5 Å². The fourth-order valence-electron chi connectivity index (χ4n) is 0.734. The highest BCUT2D eigenvalue weighted by atomic mass is 32.2. The average Bonchev–Trinajstić information content (AvgIpc) is 2.49. The summed E-state index contributed by atoms with van der Waals surface area (Å²) >= 11 is 1.24. The smallest absolute Gasteiger partial charge is 0.286 e. The van der Waals surface area contributed by atoms with Gasteiger partial charge in [-0.15, -0.1) is 0 Å². The third-order valence-corrected chi connectivity index (χ3v) is 2.34. The molecule has 5 nitrogen and oxygen atoms in total. The zero-order valence-corrected chi connectivity index (χ0v) is 8.51.